The fourth-order valence-corrected chi connectivity index (χ4v) is 3.46. The molecule has 3 heterocycles. The molecule has 1 radical (unpaired) electrons. The molecule has 1 nitrogen and oxygen atoms in total. The molecule has 3 aromatic rings. The summed E-state index contributed by atoms with van der Waals surface area (Å²) in [5, 5.41) is 4.10. The number of hydrogen-bond acceptors (Lipinski definition) is 0. The molecular formula is C15H10NSi. The maximum Gasteiger partial charge on any atom is 0.0606 e. The predicted octanol–water partition coefficient (Wildman–Crippen LogP) is 2.36. The van der Waals surface area contributed by atoms with Crippen molar-refractivity contribution in [1.82, 2.24) is 4.40 Å². The average molecular weight is 232 g/mol. The van der Waals surface area contributed by atoms with Gasteiger partial charge in [0.1, 0.15) is 0 Å². The zero-order valence-corrected chi connectivity index (χ0v) is 10.2. The predicted molar refractivity (Wildman–Crippen MR) is 72.7 cm³/mol. The molecule has 2 aromatic heterocycles. The number of rotatable bonds is 0. The summed E-state index contributed by atoms with van der Waals surface area (Å²) in [6, 6.07) is 11.0. The molecule has 0 saturated carbocycles. The standard InChI is InChI=1S/C15H10NSi/c1-4-14-12-5-6-15-13(3-2-10-17-15)11(12)7-9-16(14)8-1/h1-10H. The first-order valence-electron chi connectivity index (χ1n) is 5.72. The molecule has 17 heavy (non-hydrogen) atoms. The lowest BCUT2D eigenvalue weighted by atomic mass is 10.1. The second-order valence-corrected chi connectivity index (χ2v) is 5.44. The molecule has 0 saturated heterocycles. The van der Waals surface area contributed by atoms with Crippen LogP contribution >= 0.6 is 0 Å². The van der Waals surface area contributed by atoms with Gasteiger partial charge in [0.2, 0.25) is 0 Å². The van der Waals surface area contributed by atoms with Crippen molar-refractivity contribution in [2.75, 3.05) is 0 Å². The molecule has 0 atom stereocenters. The van der Waals surface area contributed by atoms with Crippen LogP contribution in [0.3, 0.4) is 0 Å². The van der Waals surface area contributed by atoms with Gasteiger partial charge in [-0.1, -0.05) is 30.0 Å². The van der Waals surface area contributed by atoms with E-state index in [1.807, 2.05) is 0 Å². The largest absolute Gasteiger partial charge is 0.323 e. The highest BCUT2D eigenvalue weighted by molar-refractivity contribution is 6.34. The van der Waals surface area contributed by atoms with Crippen LogP contribution < -0.4 is 5.22 Å². The first-order valence-corrected chi connectivity index (χ1v) is 6.80. The molecule has 1 aliphatic rings. The van der Waals surface area contributed by atoms with E-state index in [9.17, 15) is 0 Å². The minimum Gasteiger partial charge on any atom is -0.323 e. The highest BCUT2D eigenvalue weighted by atomic mass is 28.2. The van der Waals surface area contributed by atoms with Crippen molar-refractivity contribution in [1.29, 1.82) is 0 Å². The van der Waals surface area contributed by atoms with Crippen LogP contribution in [-0.4, -0.2) is 13.5 Å². The maximum atomic E-state index is 2.27. The van der Waals surface area contributed by atoms with Crippen LogP contribution in [0.5, 0.6) is 0 Å². The fraction of sp³-hybridized carbons (Fsp3) is 0. The Morgan fingerprint density at radius 1 is 0.941 bits per heavy atom. The summed E-state index contributed by atoms with van der Waals surface area (Å²) < 4.78 is 2.18. The van der Waals surface area contributed by atoms with Gasteiger partial charge < -0.3 is 4.40 Å². The van der Waals surface area contributed by atoms with Crippen molar-refractivity contribution in [3.63, 3.8) is 0 Å². The first-order chi connectivity index (χ1) is 8.43. The Balaban J connectivity index is 2.35. The van der Waals surface area contributed by atoms with Crippen molar-refractivity contribution >= 4 is 31.5 Å². The van der Waals surface area contributed by atoms with Crippen LogP contribution in [0.4, 0.5) is 0 Å². The van der Waals surface area contributed by atoms with E-state index in [1.165, 1.54) is 26.3 Å². The topological polar surface area (TPSA) is 4.41 Å². The van der Waals surface area contributed by atoms with Crippen LogP contribution in [0, 0.1) is 4.81 Å². The van der Waals surface area contributed by atoms with Gasteiger partial charge in [-0.3, -0.25) is 0 Å². The molecule has 0 spiro atoms. The van der Waals surface area contributed by atoms with E-state index in [0.29, 0.717) is 0 Å². The van der Waals surface area contributed by atoms with Crippen LogP contribution in [0.1, 0.15) is 0 Å². The molecule has 79 valence electrons. The second kappa shape index (κ2) is 3.28. The Bertz CT molecular complexity index is 884. The lowest BCUT2D eigenvalue weighted by Crippen LogP contribution is -2.08. The minimum absolute atomic E-state index is 0.802. The SMILES string of the molecule is C1=C[Si]=c2ccc3c(ccn4cccc34)c2=C1. The van der Waals surface area contributed by atoms with E-state index in [4.69, 9.17) is 0 Å². The monoisotopic (exact) mass is 232 g/mol. The van der Waals surface area contributed by atoms with Crippen molar-refractivity contribution in [3.05, 3.63) is 64.5 Å². The number of aromatic nitrogens is 1. The summed E-state index contributed by atoms with van der Waals surface area (Å²) in [6.07, 6.45) is 8.64. The highest BCUT2D eigenvalue weighted by Crippen LogP contribution is 2.17. The van der Waals surface area contributed by atoms with Gasteiger partial charge in [0.15, 0.2) is 0 Å². The van der Waals surface area contributed by atoms with E-state index in [-0.39, 0.29) is 0 Å². The molecule has 0 amide bonds. The molecule has 4 rings (SSSR count). The van der Waals surface area contributed by atoms with Gasteiger partial charge in [0, 0.05) is 17.8 Å². The summed E-state index contributed by atoms with van der Waals surface area (Å²) in [4.78, 5) is 1.45. The normalized spacial score (nSPS) is 13.4. The third-order valence-corrected chi connectivity index (χ3v) is 4.45. The Hall–Kier alpha value is -1.93. The molecule has 1 aromatic carbocycles. The van der Waals surface area contributed by atoms with E-state index < -0.39 is 0 Å². The third-order valence-electron chi connectivity index (χ3n) is 3.34. The van der Waals surface area contributed by atoms with Crippen LogP contribution in [0.15, 0.2) is 54.5 Å². The van der Waals surface area contributed by atoms with Crippen LogP contribution in [-0.2, 0) is 0 Å². The molecule has 0 fully saturated rings. The van der Waals surface area contributed by atoms with Crippen molar-refractivity contribution < 1.29 is 0 Å². The van der Waals surface area contributed by atoms with Gasteiger partial charge in [-0.05, 0) is 33.6 Å². The summed E-state index contributed by atoms with van der Waals surface area (Å²) in [7, 11) is 0.802. The lowest BCUT2D eigenvalue weighted by molar-refractivity contribution is 1.21. The number of hydrogen-bond donors (Lipinski definition) is 0. The van der Waals surface area contributed by atoms with E-state index >= 15 is 0 Å². The van der Waals surface area contributed by atoms with Gasteiger partial charge in [-0.2, -0.15) is 0 Å². The van der Waals surface area contributed by atoms with Gasteiger partial charge in [-0.15, -0.1) is 0 Å². The molecular weight excluding hydrogens is 222 g/mol. The van der Waals surface area contributed by atoms with Crippen molar-refractivity contribution in [2.45, 2.75) is 0 Å². The summed E-state index contributed by atoms with van der Waals surface area (Å²) in [6.45, 7) is 0. The number of allylic oxidation sites excluding steroid dienone is 1. The highest BCUT2D eigenvalue weighted by Gasteiger charge is 2.02. The first kappa shape index (κ1) is 9.13. The van der Waals surface area contributed by atoms with E-state index in [2.05, 4.69) is 65.0 Å². The Kier molecular flexibility index (Phi) is 1.76. The third kappa shape index (κ3) is 1.21. The molecule has 0 unspecified atom stereocenters. The summed E-state index contributed by atoms with van der Waals surface area (Å²) in [5.74, 6) is 0. The summed E-state index contributed by atoms with van der Waals surface area (Å²) >= 11 is 0. The Morgan fingerprint density at radius 2 is 1.94 bits per heavy atom. The smallest absolute Gasteiger partial charge is 0.0606 e. The van der Waals surface area contributed by atoms with Crippen molar-refractivity contribution in [2.24, 2.45) is 0 Å². The maximum absolute atomic E-state index is 2.27. The molecule has 0 bridgehead atoms. The van der Waals surface area contributed by atoms with Crippen LogP contribution in [0.25, 0.3) is 22.4 Å². The number of benzene rings is 1. The Morgan fingerprint density at radius 3 is 2.94 bits per heavy atom. The zero-order valence-electron chi connectivity index (χ0n) is 9.22. The van der Waals surface area contributed by atoms with Gasteiger partial charge in [0.05, 0.1) is 14.6 Å². The lowest BCUT2D eigenvalue weighted by Gasteiger charge is -2.04. The van der Waals surface area contributed by atoms with E-state index in [1.54, 1.807) is 0 Å². The minimum atomic E-state index is 0.802. The number of fused-ring (bicyclic) bond motifs is 5. The fourth-order valence-electron chi connectivity index (χ4n) is 2.53. The second-order valence-electron chi connectivity index (χ2n) is 4.27. The van der Waals surface area contributed by atoms with Gasteiger partial charge >= 0.3 is 0 Å². The zero-order chi connectivity index (χ0) is 11.2. The molecule has 1 aliphatic heterocycles. The Labute approximate surface area is 101 Å². The van der Waals surface area contributed by atoms with Crippen LogP contribution in [0.2, 0.25) is 0 Å². The van der Waals surface area contributed by atoms with E-state index in [0.717, 1.165) is 9.13 Å². The van der Waals surface area contributed by atoms with Crippen molar-refractivity contribution in [3.8, 4) is 0 Å². The van der Waals surface area contributed by atoms with Gasteiger partial charge in [-0.25, -0.2) is 0 Å². The molecule has 0 N–H and O–H groups in total. The molecule has 0 aliphatic carbocycles. The number of pyridine rings is 1. The molecule has 2 heteroatoms. The average Bonchev–Trinajstić information content (AvgIpc) is 2.86. The van der Waals surface area contributed by atoms with Gasteiger partial charge in [0.25, 0.3) is 0 Å². The number of nitrogens with zero attached hydrogens (tertiary/aromatic N) is 1. The summed E-state index contributed by atoms with van der Waals surface area (Å²) in [5.41, 5.74) is 3.53. The quantitative estimate of drug-likeness (QED) is 0.524.